The van der Waals surface area contributed by atoms with Gasteiger partial charge in [0.25, 0.3) is 0 Å². The molecule has 2 aliphatic rings. The summed E-state index contributed by atoms with van der Waals surface area (Å²) in [6.45, 7) is 6.52. The Morgan fingerprint density at radius 3 is 2.00 bits per heavy atom. The Bertz CT molecular complexity index is 446. The molecule has 4 N–H and O–H groups in total. The fraction of sp³-hybridized carbons (Fsp3) is 1.00. The zero-order valence-corrected chi connectivity index (χ0v) is 17.3. The van der Waals surface area contributed by atoms with Crippen LogP contribution in [0, 0.1) is 5.41 Å². The van der Waals surface area contributed by atoms with Gasteiger partial charge in [0.2, 0.25) is 5.79 Å². The minimum Gasteiger partial charge on any atom is -0.394 e. The zero-order valence-electron chi connectivity index (χ0n) is 17.3. The fourth-order valence-electron chi connectivity index (χ4n) is 4.38. The van der Waals surface area contributed by atoms with Gasteiger partial charge < -0.3 is 29.9 Å². The van der Waals surface area contributed by atoms with Crippen molar-refractivity contribution in [2.75, 3.05) is 13.2 Å². The van der Waals surface area contributed by atoms with E-state index in [2.05, 4.69) is 20.8 Å². The van der Waals surface area contributed by atoms with Gasteiger partial charge in [-0.25, -0.2) is 0 Å². The molecule has 6 nitrogen and oxygen atoms in total. The maximum absolute atomic E-state index is 10.6. The Morgan fingerprint density at radius 2 is 1.52 bits per heavy atom. The largest absolute Gasteiger partial charge is 0.394 e. The average Bonchev–Trinajstić information content (AvgIpc) is 3.02. The van der Waals surface area contributed by atoms with Crippen LogP contribution in [0.5, 0.6) is 0 Å². The molecular formula is C21H40O6. The number of aliphatic hydroxyl groups is 4. The number of rotatable bonds is 14. The highest BCUT2D eigenvalue weighted by Crippen LogP contribution is 2.61. The highest BCUT2D eigenvalue weighted by molar-refractivity contribution is 5.31. The first-order valence-electron chi connectivity index (χ1n) is 10.8. The summed E-state index contributed by atoms with van der Waals surface area (Å²) in [5.74, 6) is -1.60. The van der Waals surface area contributed by atoms with E-state index in [0.29, 0.717) is 6.61 Å². The van der Waals surface area contributed by atoms with E-state index in [1.807, 2.05) is 0 Å². The maximum atomic E-state index is 10.6. The van der Waals surface area contributed by atoms with Crippen molar-refractivity contribution in [3.05, 3.63) is 0 Å². The van der Waals surface area contributed by atoms with Crippen molar-refractivity contribution in [2.45, 2.75) is 115 Å². The minimum atomic E-state index is -1.84. The van der Waals surface area contributed by atoms with Crippen molar-refractivity contribution >= 4 is 0 Å². The lowest BCUT2D eigenvalue weighted by molar-refractivity contribution is -0.221. The van der Waals surface area contributed by atoms with Crippen LogP contribution in [0.1, 0.15) is 85.0 Å². The minimum absolute atomic E-state index is 0.0644. The third-order valence-corrected chi connectivity index (χ3v) is 6.46. The van der Waals surface area contributed by atoms with Crippen LogP contribution in [0.15, 0.2) is 0 Å². The van der Waals surface area contributed by atoms with Crippen LogP contribution >= 0.6 is 0 Å². The summed E-state index contributed by atoms with van der Waals surface area (Å²) in [7, 11) is 0. The normalized spacial score (nSPS) is 35.4. The van der Waals surface area contributed by atoms with Gasteiger partial charge in [-0.2, -0.15) is 0 Å². The van der Waals surface area contributed by atoms with Gasteiger partial charge in [-0.05, 0) is 18.3 Å². The summed E-state index contributed by atoms with van der Waals surface area (Å²) < 4.78 is 11.5. The molecule has 1 aliphatic heterocycles. The van der Waals surface area contributed by atoms with Gasteiger partial charge in [0.1, 0.15) is 18.3 Å². The molecule has 0 bridgehead atoms. The second-order valence-electron chi connectivity index (χ2n) is 8.90. The van der Waals surface area contributed by atoms with Gasteiger partial charge in [0.05, 0.1) is 13.2 Å². The Labute approximate surface area is 163 Å². The molecular weight excluding hydrogens is 348 g/mol. The third kappa shape index (κ3) is 4.51. The van der Waals surface area contributed by atoms with E-state index in [1.54, 1.807) is 0 Å². The smallest absolute Gasteiger partial charge is 0.233 e. The van der Waals surface area contributed by atoms with Crippen LogP contribution in [0.25, 0.3) is 0 Å². The molecule has 0 aromatic heterocycles. The summed E-state index contributed by atoms with van der Waals surface area (Å²) in [4.78, 5) is 0. The van der Waals surface area contributed by atoms with Crippen molar-refractivity contribution < 1.29 is 29.9 Å². The Hall–Kier alpha value is -0.240. The summed E-state index contributed by atoms with van der Waals surface area (Å²) in [6.07, 6.45) is 7.97. The zero-order chi connectivity index (χ0) is 20.1. The Kier molecular flexibility index (Phi) is 8.11. The summed E-state index contributed by atoms with van der Waals surface area (Å²) in [5, 5.41) is 40.2. The SMILES string of the molecule is CCCCCCC(C)(CCCCCC)CO[C@]12O[C@H](CO)[C@@H](O)[C@@]1(O)[C@H]2O. The second-order valence-corrected chi connectivity index (χ2v) is 8.90. The van der Waals surface area contributed by atoms with E-state index in [9.17, 15) is 20.4 Å². The molecule has 1 saturated carbocycles. The maximum Gasteiger partial charge on any atom is 0.233 e. The highest BCUT2D eigenvalue weighted by Gasteiger charge is 2.89. The van der Waals surface area contributed by atoms with Crippen LogP contribution < -0.4 is 0 Å². The third-order valence-electron chi connectivity index (χ3n) is 6.46. The molecule has 0 radical (unpaired) electrons. The molecule has 0 unspecified atom stereocenters. The number of aliphatic hydroxyl groups excluding tert-OH is 3. The number of hydrogen-bond acceptors (Lipinski definition) is 6. The van der Waals surface area contributed by atoms with Crippen LogP contribution in [0.4, 0.5) is 0 Å². The number of fused-ring (bicyclic) bond motifs is 1. The lowest BCUT2D eigenvalue weighted by Gasteiger charge is -2.32. The molecule has 1 heterocycles. The van der Waals surface area contributed by atoms with E-state index in [-0.39, 0.29) is 5.41 Å². The quantitative estimate of drug-likeness (QED) is 0.341. The first kappa shape index (κ1) is 23.0. The lowest BCUT2D eigenvalue weighted by Crippen LogP contribution is -2.40. The number of hydrogen-bond donors (Lipinski definition) is 4. The van der Waals surface area contributed by atoms with E-state index < -0.39 is 36.3 Å². The van der Waals surface area contributed by atoms with Crippen molar-refractivity contribution in [2.24, 2.45) is 5.41 Å². The number of ether oxygens (including phenoxy) is 2. The van der Waals surface area contributed by atoms with Gasteiger partial charge >= 0.3 is 0 Å². The monoisotopic (exact) mass is 388 g/mol. The van der Waals surface area contributed by atoms with E-state index >= 15 is 0 Å². The predicted molar refractivity (Wildman–Crippen MR) is 103 cm³/mol. The van der Waals surface area contributed by atoms with Crippen molar-refractivity contribution in [3.63, 3.8) is 0 Å². The molecule has 27 heavy (non-hydrogen) atoms. The lowest BCUT2D eigenvalue weighted by atomic mass is 9.80. The Morgan fingerprint density at radius 1 is 0.963 bits per heavy atom. The summed E-state index contributed by atoms with van der Waals surface area (Å²) in [5.41, 5.74) is -1.91. The van der Waals surface area contributed by atoms with E-state index in [0.717, 1.165) is 25.7 Å². The van der Waals surface area contributed by atoms with Gasteiger partial charge in [-0.15, -0.1) is 0 Å². The van der Waals surface area contributed by atoms with Crippen molar-refractivity contribution in [1.29, 1.82) is 0 Å². The molecule has 6 heteroatoms. The fourth-order valence-corrected chi connectivity index (χ4v) is 4.38. The molecule has 2 rings (SSSR count). The first-order chi connectivity index (χ1) is 12.8. The molecule has 1 saturated heterocycles. The molecule has 0 aromatic carbocycles. The molecule has 0 aromatic rings. The van der Waals surface area contributed by atoms with Crippen LogP contribution in [0.3, 0.4) is 0 Å². The van der Waals surface area contributed by atoms with Gasteiger partial charge in [-0.1, -0.05) is 72.1 Å². The second kappa shape index (κ2) is 9.51. The first-order valence-corrected chi connectivity index (χ1v) is 10.8. The molecule has 2 fully saturated rings. The van der Waals surface area contributed by atoms with E-state index in [4.69, 9.17) is 9.47 Å². The summed E-state index contributed by atoms with van der Waals surface area (Å²) >= 11 is 0. The molecule has 1 aliphatic carbocycles. The van der Waals surface area contributed by atoms with Crippen LogP contribution in [0.2, 0.25) is 0 Å². The molecule has 5 atom stereocenters. The number of unbranched alkanes of at least 4 members (excludes halogenated alkanes) is 6. The molecule has 160 valence electrons. The van der Waals surface area contributed by atoms with Gasteiger partial charge in [-0.3, -0.25) is 0 Å². The highest BCUT2D eigenvalue weighted by atomic mass is 16.8. The van der Waals surface area contributed by atoms with Crippen molar-refractivity contribution in [3.8, 4) is 0 Å². The molecule has 0 spiro atoms. The van der Waals surface area contributed by atoms with Gasteiger partial charge in [0.15, 0.2) is 5.60 Å². The molecule has 0 amide bonds. The van der Waals surface area contributed by atoms with Gasteiger partial charge in [0, 0.05) is 0 Å². The predicted octanol–water partition coefficient (Wildman–Crippen LogP) is 2.50. The average molecular weight is 389 g/mol. The van der Waals surface area contributed by atoms with Crippen molar-refractivity contribution in [1.82, 2.24) is 0 Å². The van der Waals surface area contributed by atoms with Crippen LogP contribution in [-0.2, 0) is 9.47 Å². The topological polar surface area (TPSA) is 99.4 Å². The van der Waals surface area contributed by atoms with E-state index in [1.165, 1.54) is 38.5 Å². The standard InChI is InChI=1S/C21H40O6/c1-4-6-8-10-12-19(3,13-11-9-7-5-2)15-26-21-18(24)20(21,25)17(23)16(14-22)27-21/h16-18,22-25H,4-15H2,1-3H3/t16-,17-,18-,20-,21-/m1/s1. The Balaban J connectivity index is 1.95. The van der Waals surface area contributed by atoms with Crippen LogP contribution in [-0.4, -0.2) is 63.3 Å². The summed E-state index contributed by atoms with van der Waals surface area (Å²) in [6, 6.07) is 0.